The fraction of sp³-hybridized carbons (Fsp3) is 0.417. The molecule has 0 bridgehead atoms. The lowest BCUT2D eigenvalue weighted by molar-refractivity contribution is -0.130. The summed E-state index contributed by atoms with van der Waals surface area (Å²) >= 11 is 4.52. The number of nitrogens with zero attached hydrogens (tertiary/aromatic N) is 1. The molecule has 0 radical (unpaired) electrons. The Morgan fingerprint density at radius 3 is 2.30 bits per heavy atom. The van der Waals surface area contributed by atoms with Crippen LogP contribution in [0.5, 0.6) is 0 Å². The molecule has 2 aromatic rings. The summed E-state index contributed by atoms with van der Waals surface area (Å²) in [7, 11) is -3.73. The van der Waals surface area contributed by atoms with Crippen LogP contribution in [-0.4, -0.2) is 56.1 Å². The lowest BCUT2D eigenvalue weighted by atomic mass is 10.1. The number of thiol groups is 1. The molecule has 1 aliphatic heterocycles. The van der Waals surface area contributed by atoms with Crippen molar-refractivity contribution in [2.75, 3.05) is 19.6 Å². The summed E-state index contributed by atoms with van der Waals surface area (Å²) in [6.45, 7) is 2.81. The van der Waals surface area contributed by atoms with Gasteiger partial charge in [0.2, 0.25) is 21.8 Å². The zero-order valence-corrected chi connectivity index (χ0v) is 20.4. The maximum absolute atomic E-state index is 12.9. The van der Waals surface area contributed by atoms with Crippen molar-refractivity contribution < 1.29 is 18.0 Å². The Labute approximate surface area is 201 Å². The van der Waals surface area contributed by atoms with E-state index in [9.17, 15) is 18.0 Å². The molecule has 1 fully saturated rings. The first kappa shape index (κ1) is 25.3. The van der Waals surface area contributed by atoms with Crippen LogP contribution in [0.25, 0.3) is 11.1 Å². The summed E-state index contributed by atoms with van der Waals surface area (Å²) in [6, 6.07) is 16.1. The molecule has 0 aliphatic carbocycles. The van der Waals surface area contributed by atoms with Gasteiger partial charge in [0.05, 0.1) is 10.9 Å². The SMILES string of the molecule is CC(=O)NCCCCCC(=O)N1C[C@H](NS(=O)(=O)c2ccc(-c3ccccc3)cc2)[C@@H](S)C1. The fourth-order valence-corrected chi connectivity index (χ4v) is 5.57. The maximum atomic E-state index is 12.9. The second-order valence-electron chi connectivity index (χ2n) is 8.28. The number of nitrogens with one attached hydrogen (secondary N) is 2. The van der Waals surface area contributed by atoms with Gasteiger partial charge in [0.25, 0.3) is 0 Å². The van der Waals surface area contributed by atoms with E-state index in [0.717, 1.165) is 30.4 Å². The predicted octanol–water partition coefficient (Wildman–Crippen LogP) is 2.84. The Hall–Kier alpha value is -2.36. The van der Waals surface area contributed by atoms with Crippen molar-refractivity contribution in [2.24, 2.45) is 0 Å². The van der Waals surface area contributed by atoms with Gasteiger partial charge in [0, 0.05) is 38.2 Å². The van der Waals surface area contributed by atoms with Crippen LogP contribution in [0, 0.1) is 0 Å². The van der Waals surface area contributed by atoms with Gasteiger partial charge in [-0.1, -0.05) is 48.9 Å². The van der Waals surface area contributed by atoms with Gasteiger partial charge in [-0.25, -0.2) is 13.1 Å². The molecule has 1 saturated heterocycles. The Bertz CT molecular complexity index is 1040. The van der Waals surface area contributed by atoms with Crippen molar-refractivity contribution in [2.45, 2.75) is 48.8 Å². The summed E-state index contributed by atoms with van der Waals surface area (Å²) in [5, 5.41) is 2.47. The lowest BCUT2D eigenvalue weighted by Gasteiger charge is -2.17. The van der Waals surface area contributed by atoms with Gasteiger partial charge >= 0.3 is 0 Å². The van der Waals surface area contributed by atoms with E-state index in [1.807, 2.05) is 30.3 Å². The molecule has 9 heteroatoms. The topological polar surface area (TPSA) is 95.6 Å². The average molecular weight is 490 g/mol. The van der Waals surface area contributed by atoms with Crippen LogP contribution in [-0.2, 0) is 19.6 Å². The number of rotatable bonds is 10. The number of amides is 2. The largest absolute Gasteiger partial charge is 0.356 e. The van der Waals surface area contributed by atoms with E-state index in [1.165, 1.54) is 6.92 Å². The number of carbonyl (C=O) groups is 2. The molecule has 0 aromatic heterocycles. The van der Waals surface area contributed by atoms with Crippen molar-refractivity contribution in [3.05, 3.63) is 54.6 Å². The van der Waals surface area contributed by atoms with Crippen molar-refractivity contribution >= 4 is 34.5 Å². The number of sulfonamides is 1. The molecule has 0 saturated carbocycles. The lowest BCUT2D eigenvalue weighted by Crippen LogP contribution is -2.41. The molecule has 2 amide bonds. The van der Waals surface area contributed by atoms with Gasteiger partial charge in [-0.2, -0.15) is 12.6 Å². The first-order valence-corrected chi connectivity index (χ1v) is 13.1. The Balaban J connectivity index is 1.51. The molecule has 3 rings (SSSR count). The first-order chi connectivity index (χ1) is 15.8. The number of hydrogen-bond donors (Lipinski definition) is 3. The van der Waals surface area contributed by atoms with Gasteiger partial charge in [-0.15, -0.1) is 0 Å². The Morgan fingerprint density at radius 2 is 1.64 bits per heavy atom. The highest BCUT2D eigenvalue weighted by Gasteiger charge is 2.35. The molecule has 0 spiro atoms. The summed E-state index contributed by atoms with van der Waals surface area (Å²) in [5.41, 5.74) is 1.96. The third-order valence-corrected chi connectivity index (χ3v) is 7.69. The normalized spacial score (nSPS) is 18.3. The molecule has 7 nitrogen and oxygen atoms in total. The number of likely N-dealkylation sites (tertiary alicyclic amines) is 1. The third-order valence-electron chi connectivity index (χ3n) is 5.66. The van der Waals surface area contributed by atoms with E-state index in [0.29, 0.717) is 26.1 Å². The van der Waals surface area contributed by atoms with Crippen molar-refractivity contribution in [1.29, 1.82) is 0 Å². The number of unbranched alkanes of at least 4 members (excludes halogenated alkanes) is 2. The van der Waals surface area contributed by atoms with Crippen LogP contribution in [0.3, 0.4) is 0 Å². The molecule has 33 heavy (non-hydrogen) atoms. The molecular weight excluding hydrogens is 458 g/mol. The minimum atomic E-state index is -3.73. The number of carbonyl (C=O) groups excluding carboxylic acids is 2. The smallest absolute Gasteiger partial charge is 0.240 e. The fourth-order valence-electron chi connectivity index (χ4n) is 3.83. The Morgan fingerprint density at radius 1 is 0.970 bits per heavy atom. The zero-order chi connectivity index (χ0) is 23.8. The quantitative estimate of drug-likeness (QED) is 0.353. The highest BCUT2D eigenvalue weighted by Crippen LogP contribution is 2.23. The average Bonchev–Trinajstić information content (AvgIpc) is 3.16. The first-order valence-electron chi connectivity index (χ1n) is 11.1. The van der Waals surface area contributed by atoms with Gasteiger partial charge in [-0.3, -0.25) is 9.59 Å². The molecule has 2 atom stereocenters. The van der Waals surface area contributed by atoms with E-state index in [4.69, 9.17) is 0 Å². The van der Waals surface area contributed by atoms with Gasteiger partial charge < -0.3 is 10.2 Å². The molecule has 1 heterocycles. The van der Waals surface area contributed by atoms with Crippen LogP contribution in [0.4, 0.5) is 0 Å². The monoisotopic (exact) mass is 489 g/mol. The van der Waals surface area contributed by atoms with Crippen molar-refractivity contribution in [3.8, 4) is 11.1 Å². The van der Waals surface area contributed by atoms with E-state index < -0.39 is 16.1 Å². The summed E-state index contributed by atoms with van der Waals surface area (Å²) in [4.78, 5) is 25.3. The number of hydrogen-bond acceptors (Lipinski definition) is 5. The van der Waals surface area contributed by atoms with Crippen molar-refractivity contribution in [3.63, 3.8) is 0 Å². The number of benzene rings is 2. The minimum Gasteiger partial charge on any atom is -0.356 e. The van der Waals surface area contributed by atoms with Gasteiger partial charge in [-0.05, 0) is 36.1 Å². The van der Waals surface area contributed by atoms with E-state index in [1.54, 1.807) is 29.2 Å². The summed E-state index contributed by atoms with van der Waals surface area (Å²) in [6.07, 6.45) is 2.81. The van der Waals surface area contributed by atoms with Crippen LogP contribution in [0.1, 0.15) is 32.6 Å². The third kappa shape index (κ3) is 7.31. The maximum Gasteiger partial charge on any atom is 0.240 e. The summed E-state index contributed by atoms with van der Waals surface area (Å²) in [5.74, 6) is -0.0499. The highest BCUT2D eigenvalue weighted by molar-refractivity contribution is 7.89. The van der Waals surface area contributed by atoms with E-state index >= 15 is 0 Å². The second-order valence-corrected chi connectivity index (χ2v) is 10.7. The van der Waals surface area contributed by atoms with E-state index in [2.05, 4.69) is 22.7 Å². The standard InChI is InChI=1S/C24H31N3O4S2/c1-18(28)25-15-7-3-6-10-24(29)27-16-22(23(32)17-27)26-33(30,31)21-13-11-20(12-14-21)19-8-4-2-5-9-19/h2,4-5,8-9,11-14,22-23,26,32H,3,6-7,10,15-17H2,1H3,(H,25,28)/t22-,23-/m0/s1. The van der Waals surface area contributed by atoms with Gasteiger partial charge in [0.15, 0.2) is 0 Å². The molecule has 178 valence electrons. The molecular formula is C24H31N3O4S2. The van der Waals surface area contributed by atoms with Crippen molar-refractivity contribution in [1.82, 2.24) is 14.9 Å². The summed E-state index contributed by atoms with van der Waals surface area (Å²) < 4.78 is 28.5. The second kappa shape index (κ2) is 11.7. The van der Waals surface area contributed by atoms with Crippen LogP contribution < -0.4 is 10.0 Å². The zero-order valence-electron chi connectivity index (χ0n) is 18.7. The minimum absolute atomic E-state index is 0.00230. The predicted molar refractivity (Wildman–Crippen MR) is 132 cm³/mol. The highest BCUT2D eigenvalue weighted by atomic mass is 32.2. The molecule has 2 aromatic carbocycles. The molecule has 1 aliphatic rings. The van der Waals surface area contributed by atoms with Crippen LogP contribution in [0.15, 0.2) is 59.5 Å². The van der Waals surface area contributed by atoms with Crippen LogP contribution in [0.2, 0.25) is 0 Å². The molecule has 2 N–H and O–H groups in total. The van der Waals surface area contributed by atoms with Gasteiger partial charge in [0.1, 0.15) is 0 Å². The Kier molecular flexibility index (Phi) is 8.94. The molecule has 0 unspecified atom stereocenters. The van der Waals surface area contributed by atoms with E-state index in [-0.39, 0.29) is 22.0 Å². The van der Waals surface area contributed by atoms with Crippen LogP contribution >= 0.6 is 12.6 Å².